The minimum Gasteiger partial charge on any atom is -0.493 e. The zero-order valence-electron chi connectivity index (χ0n) is 10.9. The SMILES string of the molecule is COc1cc(C)ccc1OCc1cc(N)cc(F)c1. The van der Waals surface area contributed by atoms with Crippen LogP contribution in [0.25, 0.3) is 0 Å². The first-order valence-corrected chi connectivity index (χ1v) is 5.91. The first-order chi connectivity index (χ1) is 9.08. The molecule has 0 heterocycles. The summed E-state index contributed by atoms with van der Waals surface area (Å²) >= 11 is 0. The molecule has 2 aromatic rings. The van der Waals surface area contributed by atoms with E-state index in [4.69, 9.17) is 15.2 Å². The van der Waals surface area contributed by atoms with E-state index in [9.17, 15) is 4.39 Å². The third kappa shape index (κ3) is 3.37. The van der Waals surface area contributed by atoms with Crippen molar-refractivity contribution in [3.05, 3.63) is 53.3 Å². The number of nitrogens with two attached hydrogens (primary N) is 1. The van der Waals surface area contributed by atoms with Crippen LogP contribution in [-0.2, 0) is 6.61 Å². The minimum atomic E-state index is -0.366. The van der Waals surface area contributed by atoms with E-state index in [2.05, 4.69) is 0 Å². The van der Waals surface area contributed by atoms with Gasteiger partial charge in [-0.3, -0.25) is 0 Å². The molecule has 0 unspecified atom stereocenters. The number of rotatable bonds is 4. The van der Waals surface area contributed by atoms with E-state index in [-0.39, 0.29) is 12.4 Å². The second-order valence-corrected chi connectivity index (χ2v) is 4.34. The molecule has 0 saturated heterocycles. The lowest BCUT2D eigenvalue weighted by molar-refractivity contribution is 0.284. The first kappa shape index (κ1) is 13.2. The normalized spacial score (nSPS) is 10.3. The Balaban J connectivity index is 2.14. The molecule has 0 aromatic heterocycles. The second-order valence-electron chi connectivity index (χ2n) is 4.34. The molecule has 19 heavy (non-hydrogen) atoms. The van der Waals surface area contributed by atoms with Crippen molar-refractivity contribution >= 4 is 5.69 Å². The number of aryl methyl sites for hydroxylation is 1. The summed E-state index contributed by atoms with van der Waals surface area (Å²) in [7, 11) is 1.59. The van der Waals surface area contributed by atoms with E-state index in [1.807, 2.05) is 25.1 Å². The summed E-state index contributed by atoms with van der Waals surface area (Å²) in [6.45, 7) is 2.21. The van der Waals surface area contributed by atoms with Gasteiger partial charge in [0.15, 0.2) is 11.5 Å². The number of ether oxygens (including phenoxy) is 2. The summed E-state index contributed by atoms with van der Waals surface area (Å²) in [4.78, 5) is 0. The first-order valence-electron chi connectivity index (χ1n) is 5.91. The smallest absolute Gasteiger partial charge is 0.161 e. The highest BCUT2D eigenvalue weighted by Crippen LogP contribution is 2.28. The van der Waals surface area contributed by atoms with Crippen LogP contribution in [0.4, 0.5) is 10.1 Å². The van der Waals surface area contributed by atoms with Crippen LogP contribution in [0.3, 0.4) is 0 Å². The van der Waals surface area contributed by atoms with Crippen LogP contribution in [0.5, 0.6) is 11.5 Å². The number of hydrogen-bond acceptors (Lipinski definition) is 3. The molecule has 2 aromatic carbocycles. The topological polar surface area (TPSA) is 44.5 Å². The number of anilines is 1. The van der Waals surface area contributed by atoms with Crippen LogP contribution < -0.4 is 15.2 Å². The second kappa shape index (κ2) is 5.61. The Morgan fingerprint density at radius 1 is 1.11 bits per heavy atom. The quantitative estimate of drug-likeness (QED) is 0.859. The maximum absolute atomic E-state index is 13.2. The van der Waals surface area contributed by atoms with Crippen LogP contribution in [0, 0.1) is 12.7 Å². The van der Waals surface area contributed by atoms with Gasteiger partial charge >= 0.3 is 0 Å². The van der Waals surface area contributed by atoms with Crippen LogP contribution >= 0.6 is 0 Å². The molecule has 0 aliphatic rings. The summed E-state index contributed by atoms with van der Waals surface area (Å²) in [5, 5.41) is 0. The molecule has 0 aliphatic heterocycles. The molecule has 0 aliphatic carbocycles. The van der Waals surface area contributed by atoms with Crippen molar-refractivity contribution < 1.29 is 13.9 Å². The monoisotopic (exact) mass is 261 g/mol. The molecular weight excluding hydrogens is 245 g/mol. The van der Waals surface area contributed by atoms with Gasteiger partial charge in [0.1, 0.15) is 12.4 Å². The Bertz CT molecular complexity index is 564. The van der Waals surface area contributed by atoms with Gasteiger partial charge in [0.05, 0.1) is 7.11 Å². The number of halogens is 1. The zero-order valence-corrected chi connectivity index (χ0v) is 10.9. The van der Waals surface area contributed by atoms with Crippen molar-refractivity contribution in [1.29, 1.82) is 0 Å². The number of benzene rings is 2. The predicted molar refractivity (Wildman–Crippen MR) is 72.9 cm³/mol. The van der Waals surface area contributed by atoms with Gasteiger partial charge in [0.25, 0.3) is 0 Å². The minimum absolute atomic E-state index is 0.237. The lowest BCUT2D eigenvalue weighted by atomic mass is 10.2. The van der Waals surface area contributed by atoms with Crippen LogP contribution in [-0.4, -0.2) is 7.11 Å². The van der Waals surface area contributed by atoms with Gasteiger partial charge in [-0.05, 0) is 48.4 Å². The fourth-order valence-corrected chi connectivity index (χ4v) is 1.81. The van der Waals surface area contributed by atoms with Crippen molar-refractivity contribution in [1.82, 2.24) is 0 Å². The van der Waals surface area contributed by atoms with E-state index in [0.29, 0.717) is 22.7 Å². The molecule has 0 spiro atoms. The maximum Gasteiger partial charge on any atom is 0.161 e. The Morgan fingerprint density at radius 3 is 2.58 bits per heavy atom. The lowest BCUT2D eigenvalue weighted by Crippen LogP contribution is -1.99. The van der Waals surface area contributed by atoms with Crippen LogP contribution in [0.2, 0.25) is 0 Å². The third-order valence-electron chi connectivity index (χ3n) is 2.69. The van der Waals surface area contributed by atoms with Crippen molar-refractivity contribution in [2.45, 2.75) is 13.5 Å². The van der Waals surface area contributed by atoms with E-state index >= 15 is 0 Å². The van der Waals surface area contributed by atoms with Crippen LogP contribution in [0.1, 0.15) is 11.1 Å². The van der Waals surface area contributed by atoms with E-state index in [1.165, 1.54) is 12.1 Å². The molecule has 0 radical (unpaired) electrons. The standard InChI is InChI=1S/C15H16FNO2/c1-10-3-4-14(15(5-10)18-2)19-9-11-6-12(16)8-13(17)7-11/h3-8H,9,17H2,1-2H3. The summed E-state index contributed by atoms with van der Waals surface area (Å²) in [6.07, 6.45) is 0. The Kier molecular flexibility index (Phi) is 3.90. The van der Waals surface area contributed by atoms with Crippen molar-refractivity contribution in [2.24, 2.45) is 0 Å². The molecule has 0 bridgehead atoms. The average molecular weight is 261 g/mol. The van der Waals surface area contributed by atoms with Crippen molar-refractivity contribution in [3.8, 4) is 11.5 Å². The Labute approximate surface area is 111 Å². The lowest BCUT2D eigenvalue weighted by Gasteiger charge is -2.11. The molecule has 2 N–H and O–H groups in total. The van der Waals surface area contributed by atoms with Gasteiger partial charge in [-0.15, -0.1) is 0 Å². The highest BCUT2D eigenvalue weighted by Gasteiger charge is 2.05. The molecule has 2 rings (SSSR count). The van der Waals surface area contributed by atoms with Crippen molar-refractivity contribution in [2.75, 3.05) is 12.8 Å². The summed E-state index contributed by atoms with van der Waals surface area (Å²) in [6, 6.07) is 10.0. The molecule has 0 amide bonds. The average Bonchev–Trinajstić information content (AvgIpc) is 2.36. The Hall–Kier alpha value is -2.23. The van der Waals surface area contributed by atoms with Gasteiger partial charge in [0.2, 0.25) is 0 Å². The molecule has 0 atom stereocenters. The summed E-state index contributed by atoms with van der Waals surface area (Å²) in [5.41, 5.74) is 7.73. The van der Waals surface area contributed by atoms with E-state index in [0.717, 1.165) is 5.56 Å². The number of hydrogen-bond donors (Lipinski definition) is 1. The highest BCUT2D eigenvalue weighted by atomic mass is 19.1. The van der Waals surface area contributed by atoms with Gasteiger partial charge < -0.3 is 15.2 Å². The fraction of sp³-hybridized carbons (Fsp3) is 0.200. The summed E-state index contributed by atoms with van der Waals surface area (Å²) in [5.74, 6) is 0.912. The highest BCUT2D eigenvalue weighted by molar-refractivity contribution is 5.44. The van der Waals surface area contributed by atoms with Gasteiger partial charge in [-0.1, -0.05) is 6.07 Å². The molecular formula is C15H16FNO2. The molecule has 3 nitrogen and oxygen atoms in total. The fourth-order valence-electron chi connectivity index (χ4n) is 1.81. The van der Waals surface area contributed by atoms with Gasteiger partial charge in [-0.2, -0.15) is 0 Å². The van der Waals surface area contributed by atoms with Crippen molar-refractivity contribution in [3.63, 3.8) is 0 Å². The van der Waals surface area contributed by atoms with Gasteiger partial charge in [0, 0.05) is 5.69 Å². The van der Waals surface area contributed by atoms with E-state index < -0.39 is 0 Å². The van der Waals surface area contributed by atoms with Crippen LogP contribution in [0.15, 0.2) is 36.4 Å². The third-order valence-corrected chi connectivity index (χ3v) is 2.69. The maximum atomic E-state index is 13.2. The predicted octanol–water partition coefficient (Wildman–Crippen LogP) is 3.30. The number of nitrogen functional groups attached to an aromatic ring is 1. The molecule has 100 valence electrons. The van der Waals surface area contributed by atoms with Gasteiger partial charge in [-0.25, -0.2) is 4.39 Å². The summed E-state index contributed by atoms with van der Waals surface area (Å²) < 4.78 is 24.1. The molecule has 4 heteroatoms. The largest absolute Gasteiger partial charge is 0.493 e. The number of methoxy groups -OCH3 is 1. The Morgan fingerprint density at radius 2 is 1.89 bits per heavy atom. The molecule has 0 fully saturated rings. The molecule has 0 saturated carbocycles. The zero-order chi connectivity index (χ0) is 13.8. The van der Waals surface area contributed by atoms with E-state index in [1.54, 1.807) is 13.2 Å².